The molecule has 0 aromatic heterocycles. The van der Waals surface area contributed by atoms with Gasteiger partial charge in [-0.2, -0.15) is 16.8 Å². The molecule has 0 bridgehead atoms. The van der Waals surface area contributed by atoms with Crippen molar-refractivity contribution in [2.24, 2.45) is 0 Å². The fraction of sp³-hybridized carbons (Fsp3) is 0.125. The van der Waals surface area contributed by atoms with Crippen molar-refractivity contribution < 1.29 is 25.9 Å². The molecule has 8 heteroatoms. The van der Waals surface area contributed by atoms with Crippen molar-refractivity contribution in [1.82, 2.24) is 0 Å². The number of rotatable bonds is 4. The molecule has 0 spiro atoms. The molecule has 6 nitrogen and oxygen atoms in total. The SMILES string of the molecule is CCc1ccccc1S(=O)(=O)O.O=S(=O)(O)C=Cc1ccccc1. The van der Waals surface area contributed by atoms with Gasteiger partial charge in [0.1, 0.15) is 0 Å². The van der Waals surface area contributed by atoms with E-state index in [1.165, 1.54) is 12.1 Å². The van der Waals surface area contributed by atoms with Gasteiger partial charge in [0.2, 0.25) is 0 Å². The molecule has 0 aliphatic carbocycles. The van der Waals surface area contributed by atoms with Gasteiger partial charge in [-0.3, -0.25) is 9.11 Å². The lowest BCUT2D eigenvalue weighted by molar-refractivity contribution is 0.481. The monoisotopic (exact) mass is 370 g/mol. The van der Waals surface area contributed by atoms with E-state index in [0.717, 1.165) is 11.0 Å². The Labute approximate surface area is 142 Å². The Morgan fingerprint density at radius 2 is 1.42 bits per heavy atom. The van der Waals surface area contributed by atoms with Crippen LogP contribution in [0.5, 0.6) is 0 Å². The predicted octanol–water partition coefficient (Wildman–Crippen LogP) is 3.04. The summed E-state index contributed by atoms with van der Waals surface area (Å²) < 4.78 is 59.2. The Hall–Kier alpha value is -2.00. The molecule has 0 saturated carbocycles. The minimum absolute atomic E-state index is 0.00694. The maximum Gasteiger partial charge on any atom is 0.294 e. The van der Waals surface area contributed by atoms with E-state index in [2.05, 4.69) is 0 Å². The number of hydrogen-bond donors (Lipinski definition) is 2. The lowest BCUT2D eigenvalue weighted by atomic mass is 10.2. The second-order valence-corrected chi connectivity index (χ2v) is 7.36. The standard InChI is InChI=1S/C8H10O3S.C8H8O3S/c1-2-7-5-3-4-6-8(7)12(9,10)11;9-12(10,11)7-6-8-4-2-1-3-5-8/h3-6H,2H2,1H3,(H,9,10,11);1-7H,(H,9,10,11). The normalized spacial score (nSPS) is 11.8. The first-order valence-corrected chi connectivity index (χ1v) is 9.84. The molecule has 24 heavy (non-hydrogen) atoms. The van der Waals surface area contributed by atoms with Crippen LogP contribution in [0.4, 0.5) is 0 Å². The van der Waals surface area contributed by atoms with E-state index in [0.29, 0.717) is 12.0 Å². The van der Waals surface area contributed by atoms with E-state index >= 15 is 0 Å². The summed E-state index contributed by atoms with van der Waals surface area (Å²) in [6.07, 6.45) is 1.92. The molecule has 2 N–H and O–H groups in total. The summed E-state index contributed by atoms with van der Waals surface area (Å²) in [4.78, 5) is 0.00694. The van der Waals surface area contributed by atoms with E-state index in [1.807, 2.05) is 13.0 Å². The minimum atomic E-state index is -4.05. The quantitative estimate of drug-likeness (QED) is 0.801. The number of hydrogen-bond acceptors (Lipinski definition) is 4. The van der Waals surface area contributed by atoms with Gasteiger partial charge < -0.3 is 0 Å². The van der Waals surface area contributed by atoms with Crippen molar-refractivity contribution in [1.29, 1.82) is 0 Å². The summed E-state index contributed by atoms with van der Waals surface area (Å²) in [6.45, 7) is 1.84. The second-order valence-electron chi connectivity index (χ2n) is 4.66. The molecular weight excluding hydrogens is 352 g/mol. The Balaban J connectivity index is 0.000000240. The Morgan fingerprint density at radius 3 is 1.88 bits per heavy atom. The van der Waals surface area contributed by atoms with Gasteiger partial charge in [-0.25, -0.2) is 0 Å². The van der Waals surface area contributed by atoms with Gasteiger partial charge in [0, 0.05) is 0 Å². The van der Waals surface area contributed by atoms with Crippen LogP contribution >= 0.6 is 0 Å². The van der Waals surface area contributed by atoms with Crippen molar-refractivity contribution in [3.8, 4) is 0 Å². The van der Waals surface area contributed by atoms with Crippen molar-refractivity contribution in [3.05, 3.63) is 71.1 Å². The lowest BCUT2D eigenvalue weighted by Gasteiger charge is -2.02. The molecule has 0 fully saturated rings. The first-order valence-electron chi connectivity index (χ1n) is 6.89. The highest BCUT2D eigenvalue weighted by molar-refractivity contribution is 7.88. The molecule has 0 saturated heterocycles. The van der Waals surface area contributed by atoms with Crippen LogP contribution < -0.4 is 0 Å². The topological polar surface area (TPSA) is 109 Å². The van der Waals surface area contributed by atoms with E-state index in [9.17, 15) is 16.8 Å². The number of aryl methyl sites for hydroxylation is 1. The molecule has 2 aromatic carbocycles. The highest BCUT2D eigenvalue weighted by atomic mass is 32.2. The van der Waals surface area contributed by atoms with Gasteiger partial charge in [-0.15, -0.1) is 0 Å². The van der Waals surface area contributed by atoms with Crippen LogP contribution in [0.3, 0.4) is 0 Å². The summed E-state index contributed by atoms with van der Waals surface area (Å²) >= 11 is 0. The molecule has 0 heterocycles. The Morgan fingerprint density at radius 1 is 0.875 bits per heavy atom. The predicted molar refractivity (Wildman–Crippen MR) is 92.7 cm³/mol. The lowest BCUT2D eigenvalue weighted by Crippen LogP contribution is -2.01. The number of benzene rings is 2. The van der Waals surface area contributed by atoms with Crippen LogP contribution in [0.25, 0.3) is 6.08 Å². The third-order valence-electron chi connectivity index (χ3n) is 2.86. The Kier molecular flexibility index (Phi) is 7.30. The van der Waals surface area contributed by atoms with E-state index in [-0.39, 0.29) is 4.90 Å². The summed E-state index contributed by atoms with van der Waals surface area (Å²) in [5.41, 5.74) is 1.37. The fourth-order valence-corrected chi connectivity index (χ4v) is 2.90. The summed E-state index contributed by atoms with van der Waals surface area (Å²) in [6, 6.07) is 15.3. The van der Waals surface area contributed by atoms with Crippen LogP contribution in [0, 0.1) is 0 Å². The van der Waals surface area contributed by atoms with Gasteiger partial charge in [0.15, 0.2) is 0 Å². The van der Waals surface area contributed by atoms with Crippen LogP contribution in [0.15, 0.2) is 64.9 Å². The van der Waals surface area contributed by atoms with Gasteiger partial charge in [-0.05, 0) is 29.7 Å². The molecule has 2 rings (SSSR count). The van der Waals surface area contributed by atoms with Gasteiger partial charge in [-0.1, -0.05) is 55.5 Å². The van der Waals surface area contributed by atoms with Crippen LogP contribution in [-0.4, -0.2) is 25.9 Å². The average molecular weight is 370 g/mol. The molecule has 0 aliphatic rings. The largest absolute Gasteiger partial charge is 0.294 e. The van der Waals surface area contributed by atoms with E-state index in [1.54, 1.807) is 42.5 Å². The highest BCUT2D eigenvalue weighted by Gasteiger charge is 2.12. The van der Waals surface area contributed by atoms with E-state index < -0.39 is 20.2 Å². The van der Waals surface area contributed by atoms with Crippen molar-refractivity contribution in [3.63, 3.8) is 0 Å². The second kappa shape index (κ2) is 8.74. The van der Waals surface area contributed by atoms with Crippen LogP contribution in [0.1, 0.15) is 18.1 Å². The van der Waals surface area contributed by atoms with Crippen molar-refractivity contribution in [2.45, 2.75) is 18.2 Å². The minimum Gasteiger partial charge on any atom is -0.282 e. The maximum atomic E-state index is 10.8. The molecular formula is C16H18O6S2. The van der Waals surface area contributed by atoms with Crippen molar-refractivity contribution >= 4 is 26.3 Å². The van der Waals surface area contributed by atoms with Gasteiger partial charge >= 0.3 is 0 Å². The smallest absolute Gasteiger partial charge is 0.282 e. The zero-order valence-electron chi connectivity index (χ0n) is 12.9. The maximum absolute atomic E-state index is 10.8. The van der Waals surface area contributed by atoms with Crippen molar-refractivity contribution in [2.75, 3.05) is 0 Å². The van der Waals surface area contributed by atoms with Gasteiger partial charge in [0.25, 0.3) is 20.2 Å². The molecule has 130 valence electrons. The first kappa shape index (κ1) is 20.0. The molecule has 0 radical (unpaired) electrons. The highest BCUT2D eigenvalue weighted by Crippen LogP contribution is 2.14. The zero-order valence-corrected chi connectivity index (χ0v) is 14.5. The summed E-state index contributed by atoms with van der Waals surface area (Å²) in [5.74, 6) is 0. The molecule has 0 unspecified atom stereocenters. The summed E-state index contributed by atoms with van der Waals surface area (Å²) in [5, 5.41) is 0.752. The zero-order chi connectivity index (χ0) is 18.2. The molecule has 0 atom stereocenters. The Bertz CT molecular complexity index is 885. The van der Waals surface area contributed by atoms with Crippen LogP contribution in [0.2, 0.25) is 0 Å². The van der Waals surface area contributed by atoms with E-state index in [4.69, 9.17) is 9.11 Å². The van der Waals surface area contributed by atoms with Gasteiger partial charge in [0.05, 0.1) is 10.3 Å². The molecule has 0 amide bonds. The van der Waals surface area contributed by atoms with Crippen LogP contribution in [-0.2, 0) is 26.7 Å². The third kappa shape index (κ3) is 7.51. The molecule has 0 aliphatic heterocycles. The molecule has 2 aromatic rings. The summed E-state index contributed by atoms with van der Waals surface area (Å²) in [7, 11) is -8.05. The fourth-order valence-electron chi connectivity index (χ4n) is 1.78. The first-order chi connectivity index (χ1) is 11.1. The third-order valence-corrected chi connectivity index (χ3v) is 4.30. The average Bonchev–Trinajstić information content (AvgIpc) is 2.53.